The summed E-state index contributed by atoms with van der Waals surface area (Å²) in [5.41, 5.74) is 0.819. The molecule has 116 valence electrons. The molecule has 1 saturated heterocycles. The normalized spacial score (nSPS) is 41.7. The molecule has 4 atom stereocenters. The van der Waals surface area contributed by atoms with E-state index in [0.29, 0.717) is 0 Å². The summed E-state index contributed by atoms with van der Waals surface area (Å²) in [6, 6.07) is -0.0928. The highest BCUT2D eigenvalue weighted by molar-refractivity contribution is 7.64. The monoisotopic (exact) mass is 346 g/mol. The molecule has 0 aromatic rings. The Bertz CT molecular complexity index is 471. The fraction of sp³-hybridized carbons (Fsp3) is 0.750. The summed E-state index contributed by atoms with van der Waals surface area (Å²) < 4.78 is 36.2. The molecule has 2 rings (SSSR count). The zero-order valence-electron chi connectivity index (χ0n) is 10.5. The standard InChI is InChI=1S/C8H17N2O7P3/c11-19(12)15-6-9-7-4-2-1-3-5-8(7)10-18-16-20(13,14)17-19/h5,7,9-10,18H,1-4,6H2,(H,11,12)(H,13,14)/t7-/m1/s1. The SMILES string of the molecule is O=P1(O)OCN[C@@H]2CCCCC=C2NPOP(=O)(O)O1. The zero-order valence-corrected chi connectivity index (χ0v) is 13.3. The van der Waals surface area contributed by atoms with E-state index in [1.54, 1.807) is 0 Å². The van der Waals surface area contributed by atoms with Gasteiger partial charge in [-0.1, -0.05) is 12.5 Å². The molecule has 20 heavy (non-hydrogen) atoms. The van der Waals surface area contributed by atoms with Crippen molar-refractivity contribution in [2.24, 2.45) is 0 Å². The first-order valence-corrected chi connectivity index (χ1v) is 9.92. The van der Waals surface area contributed by atoms with E-state index < -0.39 is 24.6 Å². The predicted octanol–water partition coefficient (Wildman–Crippen LogP) is 1.72. The molecule has 0 bridgehead atoms. The summed E-state index contributed by atoms with van der Waals surface area (Å²) >= 11 is 0. The van der Waals surface area contributed by atoms with E-state index in [4.69, 9.17) is 0 Å². The van der Waals surface area contributed by atoms with Gasteiger partial charge in [0.1, 0.15) is 15.7 Å². The summed E-state index contributed by atoms with van der Waals surface area (Å²) in [6.45, 7) is -0.277. The van der Waals surface area contributed by atoms with Crippen molar-refractivity contribution >= 4 is 24.6 Å². The number of phosphoric ester groups is 1. The Kier molecular flexibility index (Phi) is 5.77. The Hall–Kier alpha value is 0.190. The lowest BCUT2D eigenvalue weighted by molar-refractivity contribution is 0.168. The highest BCUT2D eigenvalue weighted by Crippen LogP contribution is 2.62. The number of phosphoric acid groups is 2. The van der Waals surface area contributed by atoms with Gasteiger partial charge in [0.2, 0.25) is 0 Å². The van der Waals surface area contributed by atoms with E-state index >= 15 is 0 Å². The van der Waals surface area contributed by atoms with Crippen molar-refractivity contribution in [1.82, 2.24) is 10.4 Å². The van der Waals surface area contributed by atoms with Crippen molar-refractivity contribution in [2.45, 2.75) is 31.7 Å². The molecule has 2 aliphatic rings. The Morgan fingerprint density at radius 2 is 2.10 bits per heavy atom. The quantitative estimate of drug-likeness (QED) is 0.485. The van der Waals surface area contributed by atoms with Gasteiger partial charge in [-0.25, -0.2) is 13.4 Å². The number of nitrogens with one attached hydrogen (secondary N) is 2. The van der Waals surface area contributed by atoms with Crippen LogP contribution in [-0.2, 0) is 22.3 Å². The van der Waals surface area contributed by atoms with Gasteiger partial charge in [-0.15, -0.1) is 0 Å². The van der Waals surface area contributed by atoms with Crippen molar-refractivity contribution in [2.75, 3.05) is 6.73 Å². The van der Waals surface area contributed by atoms with Crippen LogP contribution in [0.15, 0.2) is 11.8 Å². The number of allylic oxidation sites excluding steroid dienone is 1. The molecule has 4 N–H and O–H groups in total. The lowest BCUT2D eigenvalue weighted by atomic mass is 10.1. The fourth-order valence-corrected chi connectivity index (χ4v) is 4.87. The van der Waals surface area contributed by atoms with E-state index in [0.717, 1.165) is 31.4 Å². The minimum atomic E-state index is -4.65. The smallest absolute Gasteiger partial charge is 0.347 e. The summed E-state index contributed by atoms with van der Waals surface area (Å²) in [5.74, 6) is 0. The van der Waals surface area contributed by atoms with Crippen LogP contribution in [0.4, 0.5) is 0 Å². The van der Waals surface area contributed by atoms with E-state index in [1.165, 1.54) is 0 Å². The maximum absolute atomic E-state index is 11.5. The molecule has 3 unspecified atom stereocenters. The average molecular weight is 346 g/mol. The first-order valence-electron chi connectivity index (χ1n) is 6.02. The van der Waals surface area contributed by atoms with Crippen LogP contribution in [0.2, 0.25) is 0 Å². The average Bonchev–Trinajstić information content (AvgIpc) is 2.53. The second kappa shape index (κ2) is 6.97. The molecule has 0 aromatic heterocycles. The molecule has 0 amide bonds. The third kappa shape index (κ3) is 5.19. The molecule has 9 nitrogen and oxygen atoms in total. The van der Waals surface area contributed by atoms with Gasteiger partial charge in [0.05, 0.1) is 0 Å². The first-order chi connectivity index (χ1) is 9.38. The van der Waals surface area contributed by atoms with Gasteiger partial charge in [0, 0.05) is 11.7 Å². The molecule has 1 aliphatic heterocycles. The topological polar surface area (TPSA) is 126 Å². The summed E-state index contributed by atoms with van der Waals surface area (Å²) in [5, 5.41) is 5.86. The van der Waals surface area contributed by atoms with E-state index in [1.807, 2.05) is 6.08 Å². The van der Waals surface area contributed by atoms with Gasteiger partial charge in [-0.05, 0) is 19.3 Å². The van der Waals surface area contributed by atoms with Crippen LogP contribution in [0.1, 0.15) is 25.7 Å². The maximum atomic E-state index is 11.5. The molecular formula is C8H17N2O7P3. The number of hydrogen-bond acceptors (Lipinski definition) is 7. The number of fused-ring (bicyclic) bond motifs is 1. The maximum Gasteiger partial charge on any atom is 0.485 e. The molecular weight excluding hydrogens is 329 g/mol. The van der Waals surface area contributed by atoms with Crippen LogP contribution in [0.25, 0.3) is 0 Å². The lowest BCUT2D eigenvalue weighted by Crippen LogP contribution is -2.35. The third-order valence-corrected chi connectivity index (χ3v) is 6.59. The van der Waals surface area contributed by atoms with E-state index in [9.17, 15) is 18.9 Å². The van der Waals surface area contributed by atoms with Crippen LogP contribution in [-0.4, -0.2) is 22.6 Å². The highest BCUT2D eigenvalue weighted by Gasteiger charge is 2.36. The molecule has 1 heterocycles. The van der Waals surface area contributed by atoms with Crippen LogP contribution in [0.5, 0.6) is 0 Å². The van der Waals surface area contributed by atoms with E-state index in [2.05, 4.69) is 23.5 Å². The highest BCUT2D eigenvalue weighted by atomic mass is 31.3. The second-order valence-electron chi connectivity index (χ2n) is 4.31. The lowest BCUT2D eigenvalue weighted by Gasteiger charge is -2.20. The predicted molar refractivity (Wildman–Crippen MR) is 72.7 cm³/mol. The largest absolute Gasteiger partial charge is 0.485 e. The molecule has 0 saturated carbocycles. The van der Waals surface area contributed by atoms with Crippen molar-refractivity contribution in [3.05, 3.63) is 11.8 Å². The molecule has 0 spiro atoms. The summed E-state index contributed by atoms with van der Waals surface area (Å²) in [7, 11) is -9.86. The zero-order chi connectivity index (χ0) is 14.6. The van der Waals surface area contributed by atoms with Crippen LogP contribution in [0.3, 0.4) is 0 Å². The fourth-order valence-electron chi connectivity index (χ4n) is 1.93. The number of hydrogen-bond donors (Lipinski definition) is 4. The summed E-state index contributed by atoms with van der Waals surface area (Å²) in [4.78, 5) is 18.6. The van der Waals surface area contributed by atoms with Gasteiger partial charge in [0.25, 0.3) is 0 Å². The number of rotatable bonds is 0. The van der Waals surface area contributed by atoms with Gasteiger partial charge in [-0.2, -0.15) is 4.31 Å². The van der Waals surface area contributed by atoms with Crippen LogP contribution in [0, 0.1) is 0 Å². The summed E-state index contributed by atoms with van der Waals surface area (Å²) in [6.07, 6.45) is 5.71. The first kappa shape index (κ1) is 16.6. The molecule has 0 radical (unpaired) electrons. The molecule has 12 heteroatoms. The van der Waals surface area contributed by atoms with Gasteiger partial charge in [-0.3, -0.25) is 9.84 Å². The second-order valence-corrected chi connectivity index (χ2v) is 8.28. The molecule has 1 aliphatic carbocycles. The molecule has 0 aromatic carbocycles. The molecule has 1 fully saturated rings. The van der Waals surface area contributed by atoms with Gasteiger partial charge < -0.3 is 14.9 Å². The van der Waals surface area contributed by atoms with Crippen molar-refractivity contribution in [1.29, 1.82) is 0 Å². The van der Waals surface area contributed by atoms with Crippen molar-refractivity contribution in [3.8, 4) is 0 Å². The Morgan fingerprint density at radius 1 is 1.30 bits per heavy atom. The van der Waals surface area contributed by atoms with Gasteiger partial charge in [0.15, 0.2) is 0 Å². The van der Waals surface area contributed by atoms with Crippen LogP contribution >= 0.6 is 24.6 Å². The Labute approximate surface area is 118 Å². The third-order valence-electron chi connectivity index (χ3n) is 2.81. The van der Waals surface area contributed by atoms with Gasteiger partial charge >= 0.3 is 15.6 Å². The minimum Gasteiger partial charge on any atom is -0.347 e. The Morgan fingerprint density at radius 3 is 2.90 bits per heavy atom. The van der Waals surface area contributed by atoms with Crippen molar-refractivity contribution < 1.29 is 32.1 Å². The Balaban J connectivity index is 2.13. The van der Waals surface area contributed by atoms with Crippen molar-refractivity contribution in [3.63, 3.8) is 0 Å². The minimum absolute atomic E-state index is 0.0928. The van der Waals surface area contributed by atoms with E-state index in [-0.39, 0.29) is 12.8 Å². The van der Waals surface area contributed by atoms with Crippen LogP contribution < -0.4 is 10.4 Å².